The predicted molar refractivity (Wildman–Crippen MR) is 111 cm³/mol. The van der Waals surface area contributed by atoms with Gasteiger partial charge in [-0.2, -0.15) is 5.26 Å². The topological polar surface area (TPSA) is 99.4 Å². The highest BCUT2D eigenvalue weighted by Crippen LogP contribution is 2.32. The number of carbonyl (C=O) groups excluding carboxylic acids is 1. The van der Waals surface area contributed by atoms with Crippen LogP contribution >= 0.6 is 11.6 Å². The van der Waals surface area contributed by atoms with Gasteiger partial charge in [0.1, 0.15) is 5.60 Å². The van der Waals surface area contributed by atoms with Gasteiger partial charge in [-0.25, -0.2) is 4.79 Å². The van der Waals surface area contributed by atoms with Gasteiger partial charge in [-0.05, 0) is 56.2 Å². The number of nitriles is 1. The lowest BCUT2D eigenvalue weighted by Crippen LogP contribution is -2.35. The Morgan fingerprint density at radius 1 is 1.24 bits per heavy atom. The van der Waals surface area contributed by atoms with E-state index in [4.69, 9.17) is 21.6 Å². The fraction of sp³-hybridized carbons (Fsp3) is 0.318. The molecule has 0 bridgehead atoms. The number of amides is 1. The lowest BCUT2D eigenvalue weighted by atomic mass is 9.92. The number of ether oxygens (including phenoxy) is 1. The standard InChI is InChI=1S/C22H23ClN2O4/c1-22(2,3)29-21(28)25-13-17(11-20(26)27)15-7-8-19(23)18(10-15)16-6-4-5-14(9-16)12-24/h4-10,17H,11,13H2,1-3H3,(H,25,28)(H,26,27)/t17-/m0/s1. The molecule has 0 saturated carbocycles. The molecule has 2 aromatic rings. The van der Waals surface area contributed by atoms with Gasteiger partial charge in [-0.15, -0.1) is 0 Å². The Bertz CT molecular complexity index is 945. The first-order valence-corrected chi connectivity index (χ1v) is 9.45. The minimum Gasteiger partial charge on any atom is -0.481 e. The van der Waals surface area contributed by atoms with Gasteiger partial charge in [0.2, 0.25) is 0 Å². The van der Waals surface area contributed by atoms with Crippen LogP contribution in [0.1, 0.15) is 44.2 Å². The summed E-state index contributed by atoms with van der Waals surface area (Å²) in [5.41, 5.74) is 2.01. The zero-order chi connectivity index (χ0) is 21.6. The molecule has 0 spiro atoms. The van der Waals surface area contributed by atoms with Crippen molar-refractivity contribution >= 4 is 23.7 Å². The van der Waals surface area contributed by atoms with E-state index in [0.29, 0.717) is 21.7 Å². The van der Waals surface area contributed by atoms with Crippen molar-refractivity contribution in [3.63, 3.8) is 0 Å². The van der Waals surface area contributed by atoms with Crippen molar-refractivity contribution in [2.75, 3.05) is 6.54 Å². The maximum absolute atomic E-state index is 12.0. The van der Waals surface area contributed by atoms with Crippen molar-refractivity contribution in [3.05, 3.63) is 58.6 Å². The highest BCUT2D eigenvalue weighted by Gasteiger charge is 2.21. The minimum absolute atomic E-state index is 0.0977. The number of nitrogens with one attached hydrogen (secondary N) is 1. The van der Waals surface area contributed by atoms with E-state index >= 15 is 0 Å². The number of nitrogens with zero attached hydrogens (tertiary/aromatic N) is 1. The lowest BCUT2D eigenvalue weighted by molar-refractivity contribution is -0.137. The average Bonchev–Trinajstić information content (AvgIpc) is 2.64. The number of carboxylic acids is 1. The second kappa shape index (κ2) is 9.44. The van der Waals surface area contributed by atoms with Gasteiger partial charge in [0.05, 0.1) is 18.1 Å². The Kier molecular flexibility index (Phi) is 7.24. The average molecular weight is 415 g/mol. The molecule has 6 nitrogen and oxygen atoms in total. The van der Waals surface area contributed by atoms with Crippen LogP contribution in [0.5, 0.6) is 0 Å². The van der Waals surface area contributed by atoms with Crippen LogP contribution in [0.25, 0.3) is 11.1 Å². The summed E-state index contributed by atoms with van der Waals surface area (Å²) in [5, 5.41) is 21.5. The first-order chi connectivity index (χ1) is 13.6. The Labute approximate surface area is 175 Å². The molecule has 0 aliphatic carbocycles. The number of alkyl carbamates (subject to hydrolysis) is 1. The second-order valence-electron chi connectivity index (χ2n) is 7.61. The van der Waals surface area contributed by atoms with Gasteiger partial charge in [-0.3, -0.25) is 4.79 Å². The zero-order valence-electron chi connectivity index (χ0n) is 16.5. The normalized spacial score (nSPS) is 12.0. The summed E-state index contributed by atoms with van der Waals surface area (Å²) >= 11 is 6.35. The molecule has 0 aromatic heterocycles. The van der Waals surface area contributed by atoms with E-state index in [1.165, 1.54) is 0 Å². The van der Waals surface area contributed by atoms with Crippen molar-refractivity contribution in [2.45, 2.75) is 38.7 Å². The van der Waals surface area contributed by atoms with Crippen LogP contribution in [-0.4, -0.2) is 29.3 Å². The van der Waals surface area contributed by atoms with Crippen LogP contribution < -0.4 is 5.32 Å². The summed E-state index contributed by atoms with van der Waals surface area (Å²) in [6, 6.07) is 14.3. The van der Waals surface area contributed by atoms with Crippen LogP contribution in [0.4, 0.5) is 4.79 Å². The maximum atomic E-state index is 12.0. The van der Waals surface area contributed by atoms with Crippen molar-refractivity contribution in [1.29, 1.82) is 5.26 Å². The Hall–Kier alpha value is -3.04. The van der Waals surface area contributed by atoms with E-state index in [1.807, 2.05) is 6.07 Å². The quantitative estimate of drug-likeness (QED) is 0.695. The van der Waals surface area contributed by atoms with E-state index in [0.717, 1.165) is 5.56 Å². The summed E-state index contributed by atoms with van der Waals surface area (Å²) in [6.07, 6.45) is -0.779. The van der Waals surface area contributed by atoms with Gasteiger partial charge in [0, 0.05) is 23.0 Å². The molecule has 0 aliphatic rings. The smallest absolute Gasteiger partial charge is 0.407 e. The van der Waals surface area contributed by atoms with E-state index < -0.39 is 23.6 Å². The first-order valence-electron chi connectivity index (χ1n) is 9.07. The number of hydrogen-bond acceptors (Lipinski definition) is 4. The maximum Gasteiger partial charge on any atom is 0.407 e. The highest BCUT2D eigenvalue weighted by molar-refractivity contribution is 6.33. The number of carboxylic acid groups (broad SMARTS) is 1. The highest BCUT2D eigenvalue weighted by atomic mass is 35.5. The molecular weight excluding hydrogens is 392 g/mol. The van der Waals surface area contributed by atoms with Crippen LogP contribution in [0.3, 0.4) is 0 Å². The van der Waals surface area contributed by atoms with Gasteiger partial charge in [0.25, 0.3) is 0 Å². The van der Waals surface area contributed by atoms with Gasteiger partial charge in [0.15, 0.2) is 0 Å². The molecule has 2 rings (SSSR count). The molecule has 0 fully saturated rings. The fourth-order valence-electron chi connectivity index (χ4n) is 2.81. The number of benzene rings is 2. The molecule has 7 heteroatoms. The summed E-state index contributed by atoms with van der Waals surface area (Å²) in [6.45, 7) is 5.35. The SMILES string of the molecule is CC(C)(C)OC(=O)NC[C@H](CC(=O)O)c1ccc(Cl)c(-c2cccc(C#N)c2)c1. The Morgan fingerprint density at radius 3 is 2.59 bits per heavy atom. The minimum atomic E-state index is -0.982. The predicted octanol–water partition coefficient (Wildman–Crippen LogP) is 4.96. The molecule has 0 saturated heterocycles. The number of aliphatic carboxylic acids is 1. The van der Waals surface area contributed by atoms with E-state index in [1.54, 1.807) is 57.2 Å². The monoisotopic (exact) mass is 414 g/mol. The first kappa shape index (κ1) is 22.3. The Balaban J connectivity index is 2.30. The fourth-order valence-corrected chi connectivity index (χ4v) is 3.04. The van der Waals surface area contributed by atoms with E-state index in [2.05, 4.69) is 11.4 Å². The molecule has 0 aliphatic heterocycles. The Morgan fingerprint density at radius 2 is 1.97 bits per heavy atom. The lowest BCUT2D eigenvalue weighted by Gasteiger charge is -2.22. The molecule has 0 radical (unpaired) electrons. The largest absolute Gasteiger partial charge is 0.481 e. The van der Waals surface area contributed by atoms with Crippen molar-refractivity contribution in [2.24, 2.45) is 0 Å². The molecule has 1 atom stereocenters. The van der Waals surface area contributed by atoms with Crippen LogP contribution in [0, 0.1) is 11.3 Å². The summed E-state index contributed by atoms with van der Waals surface area (Å²) in [5.74, 6) is -1.46. The van der Waals surface area contributed by atoms with Crippen LogP contribution in [0.15, 0.2) is 42.5 Å². The molecular formula is C22H23ClN2O4. The number of carbonyl (C=O) groups is 2. The summed E-state index contributed by atoms with van der Waals surface area (Å²) < 4.78 is 5.22. The molecule has 0 unspecified atom stereocenters. The third-order valence-electron chi connectivity index (χ3n) is 4.08. The zero-order valence-corrected chi connectivity index (χ0v) is 17.3. The molecule has 29 heavy (non-hydrogen) atoms. The number of rotatable bonds is 6. The van der Waals surface area contributed by atoms with Crippen molar-refractivity contribution in [1.82, 2.24) is 5.32 Å². The van der Waals surface area contributed by atoms with Gasteiger partial charge in [-0.1, -0.05) is 29.8 Å². The van der Waals surface area contributed by atoms with Crippen molar-refractivity contribution < 1.29 is 19.4 Å². The number of halogens is 1. The second-order valence-corrected chi connectivity index (χ2v) is 8.02. The van der Waals surface area contributed by atoms with Crippen molar-refractivity contribution in [3.8, 4) is 17.2 Å². The molecule has 152 valence electrons. The van der Waals surface area contributed by atoms with E-state index in [9.17, 15) is 14.7 Å². The van der Waals surface area contributed by atoms with Crippen LogP contribution in [-0.2, 0) is 9.53 Å². The van der Waals surface area contributed by atoms with Gasteiger partial charge < -0.3 is 15.2 Å². The third-order valence-corrected chi connectivity index (χ3v) is 4.41. The molecule has 2 aromatic carbocycles. The third kappa shape index (κ3) is 6.81. The molecule has 0 heterocycles. The van der Waals surface area contributed by atoms with E-state index in [-0.39, 0.29) is 13.0 Å². The number of hydrogen-bond donors (Lipinski definition) is 2. The summed E-state index contributed by atoms with van der Waals surface area (Å²) in [4.78, 5) is 23.3. The molecule has 1 amide bonds. The van der Waals surface area contributed by atoms with Gasteiger partial charge >= 0.3 is 12.1 Å². The summed E-state index contributed by atoms with van der Waals surface area (Å²) in [7, 11) is 0. The molecule has 2 N–H and O–H groups in total. The van der Waals surface area contributed by atoms with Crippen LogP contribution in [0.2, 0.25) is 5.02 Å².